The van der Waals surface area contributed by atoms with Crippen molar-refractivity contribution in [2.24, 2.45) is 0 Å². The van der Waals surface area contributed by atoms with Gasteiger partial charge in [0, 0.05) is 30.1 Å². The Hall–Kier alpha value is -2.23. The molecule has 0 bridgehead atoms. The van der Waals surface area contributed by atoms with Crippen molar-refractivity contribution in [2.75, 3.05) is 18.9 Å². The van der Waals surface area contributed by atoms with Crippen LogP contribution < -0.4 is 10.6 Å². The number of hydrogen-bond acceptors (Lipinski definition) is 5. The Kier molecular flexibility index (Phi) is 6.69. The predicted octanol–water partition coefficient (Wildman–Crippen LogP) is 3.80. The number of benzene rings is 1. The summed E-state index contributed by atoms with van der Waals surface area (Å²) < 4.78 is 27.9. The number of piperidine rings is 1. The van der Waals surface area contributed by atoms with E-state index in [1.807, 2.05) is 6.92 Å². The van der Waals surface area contributed by atoms with Crippen molar-refractivity contribution in [3.63, 3.8) is 0 Å². The highest BCUT2D eigenvalue weighted by molar-refractivity contribution is 7.89. The molecule has 172 valence electrons. The Labute approximate surface area is 193 Å². The summed E-state index contributed by atoms with van der Waals surface area (Å²) in [5.41, 5.74) is 1.93. The van der Waals surface area contributed by atoms with E-state index >= 15 is 0 Å². The zero-order chi connectivity index (χ0) is 22.9. The topological polar surface area (TPSA) is 95.6 Å². The molecule has 2 aromatic rings. The van der Waals surface area contributed by atoms with Crippen LogP contribution >= 0.6 is 11.3 Å². The van der Waals surface area contributed by atoms with Gasteiger partial charge < -0.3 is 10.6 Å². The summed E-state index contributed by atoms with van der Waals surface area (Å²) >= 11 is 1.45. The highest BCUT2D eigenvalue weighted by Crippen LogP contribution is 2.39. The molecule has 9 heteroatoms. The maximum absolute atomic E-state index is 13.1. The number of nitrogens with one attached hydrogen (secondary N) is 2. The van der Waals surface area contributed by atoms with Crippen molar-refractivity contribution >= 4 is 38.2 Å². The summed E-state index contributed by atoms with van der Waals surface area (Å²) in [6.45, 7) is 2.55. The van der Waals surface area contributed by atoms with E-state index in [0.29, 0.717) is 22.7 Å². The smallest absolute Gasteiger partial charge is 0.256 e. The lowest BCUT2D eigenvalue weighted by Crippen LogP contribution is -2.43. The number of carbonyl (C=O) groups excluding carboxylic acids is 2. The van der Waals surface area contributed by atoms with E-state index in [0.717, 1.165) is 55.4 Å². The summed E-state index contributed by atoms with van der Waals surface area (Å²) in [4.78, 5) is 26.6. The number of sulfonamides is 1. The molecule has 32 heavy (non-hydrogen) atoms. The number of aryl methyl sites for hydroxylation is 1. The summed E-state index contributed by atoms with van der Waals surface area (Å²) in [6, 6.07) is 6.10. The fraction of sp³-hybridized carbons (Fsp3) is 0.478. The number of nitrogens with zero attached hydrogens (tertiary/aromatic N) is 1. The molecule has 1 unspecified atom stereocenters. The number of thiophene rings is 1. The summed E-state index contributed by atoms with van der Waals surface area (Å²) in [6.07, 6.45) is 6.37. The first kappa shape index (κ1) is 22.9. The van der Waals surface area contributed by atoms with E-state index in [-0.39, 0.29) is 22.8 Å². The number of carbonyl (C=O) groups is 2. The van der Waals surface area contributed by atoms with Crippen LogP contribution in [-0.2, 0) is 22.9 Å². The minimum Gasteiger partial charge on any atom is -0.355 e. The molecule has 2 amide bonds. The quantitative estimate of drug-likeness (QED) is 0.664. The SMILES string of the molecule is CCC1CCCCN1S(=O)(=O)c1ccc(C(=O)Nc2sc3c(c2C(=O)NC)CCC3)cc1. The Morgan fingerprint density at radius 1 is 1.09 bits per heavy atom. The second-order valence-electron chi connectivity index (χ2n) is 8.29. The average Bonchev–Trinajstić information content (AvgIpc) is 3.39. The van der Waals surface area contributed by atoms with Gasteiger partial charge in [0.15, 0.2) is 0 Å². The van der Waals surface area contributed by atoms with Crippen molar-refractivity contribution in [3.8, 4) is 0 Å². The Morgan fingerprint density at radius 3 is 2.53 bits per heavy atom. The molecule has 0 radical (unpaired) electrons. The van der Waals surface area contributed by atoms with E-state index in [2.05, 4.69) is 10.6 Å². The summed E-state index contributed by atoms with van der Waals surface area (Å²) in [5, 5.41) is 6.08. The number of amides is 2. The van der Waals surface area contributed by atoms with Gasteiger partial charge in [-0.25, -0.2) is 8.42 Å². The van der Waals surface area contributed by atoms with Crippen LogP contribution in [0.3, 0.4) is 0 Å². The van der Waals surface area contributed by atoms with E-state index in [9.17, 15) is 18.0 Å². The first-order valence-electron chi connectivity index (χ1n) is 11.2. The fourth-order valence-electron chi connectivity index (χ4n) is 4.64. The third-order valence-electron chi connectivity index (χ3n) is 6.37. The van der Waals surface area contributed by atoms with Crippen molar-refractivity contribution in [3.05, 3.63) is 45.8 Å². The molecule has 2 heterocycles. The van der Waals surface area contributed by atoms with Gasteiger partial charge >= 0.3 is 0 Å². The van der Waals surface area contributed by atoms with Crippen molar-refractivity contribution in [1.82, 2.24) is 9.62 Å². The molecule has 2 N–H and O–H groups in total. The normalized spacial score (nSPS) is 18.9. The monoisotopic (exact) mass is 475 g/mol. The van der Waals surface area contributed by atoms with E-state index in [4.69, 9.17) is 0 Å². The Morgan fingerprint density at radius 2 is 1.84 bits per heavy atom. The van der Waals surface area contributed by atoms with Gasteiger partial charge in [0.2, 0.25) is 10.0 Å². The average molecular weight is 476 g/mol. The molecular weight excluding hydrogens is 446 g/mol. The Balaban J connectivity index is 1.54. The van der Waals surface area contributed by atoms with E-state index in [1.54, 1.807) is 11.4 Å². The molecule has 1 atom stereocenters. The zero-order valence-electron chi connectivity index (χ0n) is 18.4. The third kappa shape index (κ3) is 4.21. The van der Waals surface area contributed by atoms with Crippen LogP contribution in [-0.4, -0.2) is 44.2 Å². The summed E-state index contributed by atoms with van der Waals surface area (Å²) in [5.74, 6) is -0.559. The van der Waals surface area contributed by atoms with Gasteiger partial charge in [0.25, 0.3) is 11.8 Å². The van der Waals surface area contributed by atoms with Gasteiger partial charge in [-0.1, -0.05) is 13.3 Å². The standard InChI is InChI=1S/C23H29N3O4S2/c1-3-16-7-4-5-14-26(16)32(29,30)17-12-10-15(11-13-17)21(27)25-23-20(22(28)24-2)18-8-6-9-19(18)31-23/h10-13,16H,3-9,14H2,1-2H3,(H,24,28)(H,25,27). The lowest BCUT2D eigenvalue weighted by atomic mass is 10.0. The van der Waals surface area contributed by atoms with Gasteiger partial charge in [-0.15, -0.1) is 11.3 Å². The first-order chi connectivity index (χ1) is 15.4. The molecule has 1 aliphatic heterocycles. The molecule has 7 nitrogen and oxygen atoms in total. The molecular formula is C23H29N3O4S2. The highest BCUT2D eigenvalue weighted by atomic mass is 32.2. The molecule has 0 spiro atoms. The lowest BCUT2D eigenvalue weighted by molar-refractivity contribution is 0.0963. The minimum atomic E-state index is -3.59. The van der Waals surface area contributed by atoms with Crippen LogP contribution in [0.25, 0.3) is 0 Å². The predicted molar refractivity (Wildman–Crippen MR) is 126 cm³/mol. The number of anilines is 1. The molecule has 2 aliphatic rings. The fourth-order valence-corrected chi connectivity index (χ4v) is 7.69. The van der Waals surface area contributed by atoms with Crippen LogP contribution in [0, 0.1) is 0 Å². The minimum absolute atomic E-state index is 0.0284. The highest BCUT2D eigenvalue weighted by Gasteiger charge is 2.32. The molecule has 1 fully saturated rings. The lowest BCUT2D eigenvalue weighted by Gasteiger charge is -2.34. The summed E-state index contributed by atoms with van der Waals surface area (Å²) in [7, 11) is -2.01. The molecule has 1 aromatic carbocycles. The maximum atomic E-state index is 13.1. The van der Waals surface area contributed by atoms with E-state index in [1.165, 1.54) is 35.6 Å². The molecule has 1 aliphatic carbocycles. The number of hydrogen-bond donors (Lipinski definition) is 2. The van der Waals surface area contributed by atoms with Crippen molar-refractivity contribution in [2.45, 2.75) is 62.8 Å². The molecule has 4 rings (SSSR count). The van der Waals surface area contributed by atoms with Gasteiger partial charge in [0.1, 0.15) is 5.00 Å². The maximum Gasteiger partial charge on any atom is 0.256 e. The Bertz CT molecular complexity index is 1120. The number of rotatable bonds is 6. The molecule has 0 saturated carbocycles. The van der Waals surface area contributed by atoms with Crippen LogP contribution in [0.1, 0.15) is 70.2 Å². The van der Waals surface area contributed by atoms with Crippen LogP contribution in [0.15, 0.2) is 29.2 Å². The third-order valence-corrected chi connectivity index (χ3v) is 9.54. The van der Waals surface area contributed by atoms with Gasteiger partial charge in [-0.2, -0.15) is 4.31 Å². The molecule has 1 saturated heterocycles. The van der Waals surface area contributed by atoms with E-state index < -0.39 is 10.0 Å². The molecule has 1 aromatic heterocycles. The first-order valence-corrected chi connectivity index (χ1v) is 13.4. The van der Waals surface area contributed by atoms with Gasteiger partial charge in [0.05, 0.1) is 10.5 Å². The zero-order valence-corrected chi connectivity index (χ0v) is 20.1. The van der Waals surface area contributed by atoms with Crippen LogP contribution in [0.2, 0.25) is 0 Å². The van der Waals surface area contributed by atoms with Gasteiger partial charge in [-0.05, 0) is 68.4 Å². The second kappa shape index (κ2) is 9.33. The van der Waals surface area contributed by atoms with Crippen molar-refractivity contribution < 1.29 is 18.0 Å². The second-order valence-corrected chi connectivity index (χ2v) is 11.3. The van der Waals surface area contributed by atoms with Crippen LogP contribution in [0.4, 0.5) is 5.00 Å². The van der Waals surface area contributed by atoms with Gasteiger partial charge in [-0.3, -0.25) is 9.59 Å². The van der Waals surface area contributed by atoms with Crippen molar-refractivity contribution in [1.29, 1.82) is 0 Å². The number of fused-ring (bicyclic) bond motifs is 1. The largest absolute Gasteiger partial charge is 0.355 e. The van der Waals surface area contributed by atoms with Crippen LogP contribution in [0.5, 0.6) is 0 Å².